The third-order valence-corrected chi connectivity index (χ3v) is 5.05. The number of fused-ring (bicyclic) bond motifs is 2. The summed E-state index contributed by atoms with van der Waals surface area (Å²) in [7, 11) is 0. The minimum Gasteiger partial charge on any atom is -0.422 e. The molecule has 0 spiro atoms. The molecule has 0 aromatic heterocycles. The van der Waals surface area contributed by atoms with Gasteiger partial charge in [-0.05, 0) is 47.8 Å². The molecule has 134 valence electrons. The first kappa shape index (κ1) is 17.2. The number of benzene rings is 1. The van der Waals surface area contributed by atoms with Crippen LogP contribution in [0.15, 0.2) is 57.8 Å². The zero-order valence-corrected chi connectivity index (χ0v) is 15.2. The molecule has 2 aliphatic carbocycles. The SMILES string of the molecule is CCC1=CC(=O)c2c(CC)cc3oc(=O)c(C(=O)c4ccccc4)c-3cc21. The van der Waals surface area contributed by atoms with Crippen molar-refractivity contribution in [1.82, 2.24) is 0 Å². The molecule has 1 heterocycles. The molecule has 1 aliphatic heterocycles. The molecule has 0 atom stereocenters. The van der Waals surface area contributed by atoms with Crippen LogP contribution in [0, 0.1) is 0 Å². The molecule has 4 rings (SSSR count). The number of rotatable bonds is 4. The van der Waals surface area contributed by atoms with Crippen molar-refractivity contribution in [2.45, 2.75) is 26.7 Å². The van der Waals surface area contributed by atoms with Crippen LogP contribution >= 0.6 is 0 Å². The first-order chi connectivity index (χ1) is 13.0. The van der Waals surface area contributed by atoms with E-state index in [1.54, 1.807) is 42.5 Å². The average molecular weight is 358 g/mol. The number of allylic oxidation sites excluding steroid dienone is 2. The summed E-state index contributed by atoms with van der Waals surface area (Å²) in [6.45, 7) is 3.93. The van der Waals surface area contributed by atoms with E-state index in [0.717, 1.165) is 16.7 Å². The fourth-order valence-corrected chi connectivity index (χ4v) is 3.68. The predicted octanol–water partition coefficient (Wildman–Crippen LogP) is 4.53. The third kappa shape index (κ3) is 2.65. The Morgan fingerprint density at radius 3 is 2.37 bits per heavy atom. The first-order valence-electron chi connectivity index (χ1n) is 9.03. The van der Waals surface area contributed by atoms with Gasteiger partial charge in [0.2, 0.25) is 5.78 Å². The van der Waals surface area contributed by atoms with Crippen molar-refractivity contribution in [2.75, 3.05) is 0 Å². The van der Waals surface area contributed by atoms with Crippen molar-refractivity contribution in [1.29, 1.82) is 0 Å². The molecule has 0 fully saturated rings. The van der Waals surface area contributed by atoms with Crippen LogP contribution in [-0.4, -0.2) is 11.6 Å². The molecule has 0 radical (unpaired) electrons. The minimum atomic E-state index is -0.646. The molecule has 4 nitrogen and oxygen atoms in total. The van der Waals surface area contributed by atoms with E-state index < -0.39 is 5.63 Å². The van der Waals surface area contributed by atoms with E-state index in [1.165, 1.54) is 0 Å². The van der Waals surface area contributed by atoms with Gasteiger partial charge in [-0.2, -0.15) is 0 Å². The van der Waals surface area contributed by atoms with Gasteiger partial charge in [0.05, 0.1) is 0 Å². The second-order valence-corrected chi connectivity index (χ2v) is 6.58. The molecule has 0 saturated heterocycles. The van der Waals surface area contributed by atoms with E-state index in [2.05, 4.69) is 0 Å². The number of furan rings is 1. The van der Waals surface area contributed by atoms with E-state index in [1.807, 2.05) is 19.9 Å². The second-order valence-electron chi connectivity index (χ2n) is 6.58. The molecule has 0 amide bonds. The van der Waals surface area contributed by atoms with Crippen molar-refractivity contribution in [3.8, 4) is 11.3 Å². The molecule has 1 aromatic carbocycles. The van der Waals surface area contributed by atoms with E-state index in [0.29, 0.717) is 35.3 Å². The van der Waals surface area contributed by atoms with Crippen LogP contribution in [0.5, 0.6) is 0 Å². The molecular formula is C23H18O4. The average Bonchev–Trinajstić information content (AvgIpc) is 3.10. The highest BCUT2D eigenvalue weighted by Crippen LogP contribution is 2.37. The van der Waals surface area contributed by atoms with Gasteiger partial charge in [-0.15, -0.1) is 0 Å². The lowest BCUT2D eigenvalue weighted by atomic mass is 9.98. The Labute approximate surface area is 156 Å². The molecule has 0 bridgehead atoms. The number of hydrogen-bond donors (Lipinski definition) is 0. The lowest BCUT2D eigenvalue weighted by molar-refractivity contribution is 0.103. The van der Waals surface area contributed by atoms with E-state index >= 15 is 0 Å². The summed E-state index contributed by atoms with van der Waals surface area (Å²) in [5, 5.41) is 0. The quantitative estimate of drug-likeness (QED) is 0.643. The summed E-state index contributed by atoms with van der Waals surface area (Å²) in [5.74, 6) is -0.0629. The van der Waals surface area contributed by atoms with Crippen LogP contribution < -0.4 is 5.63 Å². The Balaban J connectivity index is 2.02. The van der Waals surface area contributed by atoms with Gasteiger partial charge in [-0.1, -0.05) is 44.2 Å². The highest BCUT2D eigenvalue weighted by Gasteiger charge is 2.29. The van der Waals surface area contributed by atoms with Crippen molar-refractivity contribution in [3.63, 3.8) is 0 Å². The fraction of sp³-hybridized carbons (Fsp3) is 0.174. The highest BCUT2D eigenvalue weighted by atomic mass is 16.4. The van der Waals surface area contributed by atoms with Crippen LogP contribution in [0.1, 0.15) is 57.7 Å². The topological polar surface area (TPSA) is 64.3 Å². The van der Waals surface area contributed by atoms with E-state index in [-0.39, 0.29) is 17.1 Å². The summed E-state index contributed by atoms with van der Waals surface area (Å²) in [6.07, 6.45) is 2.96. The zero-order chi connectivity index (χ0) is 19.1. The maximum absolute atomic E-state index is 13.0. The number of carbonyl (C=O) groups excluding carboxylic acids is 2. The van der Waals surface area contributed by atoms with Gasteiger partial charge in [-0.25, -0.2) is 4.79 Å². The van der Waals surface area contributed by atoms with Crippen molar-refractivity contribution < 1.29 is 14.0 Å². The third-order valence-electron chi connectivity index (χ3n) is 5.05. The van der Waals surface area contributed by atoms with Crippen LogP contribution in [0.25, 0.3) is 16.9 Å². The summed E-state index contributed by atoms with van der Waals surface area (Å²) in [6, 6.07) is 12.2. The molecule has 3 aliphatic rings. The smallest absolute Gasteiger partial charge is 0.348 e. The maximum Gasteiger partial charge on any atom is 0.348 e. The Morgan fingerprint density at radius 1 is 0.963 bits per heavy atom. The van der Waals surface area contributed by atoms with Crippen LogP contribution in [0.4, 0.5) is 0 Å². The molecule has 0 N–H and O–H groups in total. The predicted molar refractivity (Wildman–Crippen MR) is 103 cm³/mol. The van der Waals surface area contributed by atoms with Crippen molar-refractivity contribution >= 4 is 17.1 Å². The van der Waals surface area contributed by atoms with Gasteiger partial charge in [0.25, 0.3) is 0 Å². The molecule has 0 unspecified atom stereocenters. The van der Waals surface area contributed by atoms with Gasteiger partial charge in [-0.3, -0.25) is 9.59 Å². The molecule has 4 heteroatoms. The number of aryl methyl sites for hydroxylation is 1. The van der Waals surface area contributed by atoms with Crippen molar-refractivity contribution in [3.05, 3.63) is 86.8 Å². The molecule has 27 heavy (non-hydrogen) atoms. The molecule has 1 aromatic rings. The molecule has 0 saturated carbocycles. The molecular weight excluding hydrogens is 340 g/mol. The fourth-order valence-electron chi connectivity index (χ4n) is 3.68. The van der Waals surface area contributed by atoms with E-state index in [9.17, 15) is 14.4 Å². The van der Waals surface area contributed by atoms with Crippen LogP contribution in [0.2, 0.25) is 0 Å². The summed E-state index contributed by atoms with van der Waals surface area (Å²) in [5.41, 5.74) is 3.42. The van der Waals surface area contributed by atoms with Gasteiger partial charge in [0, 0.05) is 16.7 Å². The Kier molecular flexibility index (Phi) is 4.11. The number of hydrogen-bond acceptors (Lipinski definition) is 4. The number of ketones is 2. The normalized spacial score (nSPS) is 13.0. The lowest BCUT2D eigenvalue weighted by Crippen LogP contribution is -2.11. The maximum atomic E-state index is 13.0. The first-order valence-corrected chi connectivity index (χ1v) is 9.03. The lowest BCUT2D eigenvalue weighted by Gasteiger charge is -2.02. The Hall–Kier alpha value is -3.27. The summed E-state index contributed by atoms with van der Waals surface area (Å²) < 4.78 is 5.42. The van der Waals surface area contributed by atoms with Gasteiger partial charge < -0.3 is 4.42 Å². The standard InChI is InChI=1S/C23H18O4/c1-3-13-10-18(24)20-14(4-2)11-19-17(12-16(13)20)21(23(26)27-19)22(25)15-8-6-5-7-9-15/h5-12H,3-4H2,1-2H3. The highest BCUT2D eigenvalue weighted by molar-refractivity contribution is 6.18. The van der Waals surface area contributed by atoms with Gasteiger partial charge in [0.15, 0.2) is 5.78 Å². The summed E-state index contributed by atoms with van der Waals surface area (Å²) in [4.78, 5) is 38.0. The monoisotopic (exact) mass is 358 g/mol. The largest absolute Gasteiger partial charge is 0.422 e. The van der Waals surface area contributed by atoms with Crippen LogP contribution in [-0.2, 0) is 6.42 Å². The minimum absolute atomic E-state index is 0.0199. The number of carbonyl (C=O) groups is 2. The van der Waals surface area contributed by atoms with Gasteiger partial charge >= 0.3 is 5.63 Å². The zero-order valence-electron chi connectivity index (χ0n) is 15.2. The van der Waals surface area contributed by atoms with E-state index in [4.69, 9.17) is 4.42 Å². The Morgan fingerprint density at radius 2 is 1.70 bits per heavy atom. The summed E-state index contributed by atoms with van der Waals surface area (Å²) >= 11 is 0. The van der Waals surface area contributed by atoms with Gasteiger partial charge in [0.1, 0.15) is 11.3 Å². The second kappa shape index (κ2) is 6.47. The van der Waals surface area contributed by atoms with Crippen molar-refractivity contribution in [2.24, 2.45) is 0 Å². The van der Waals surface area contributed by atoms with Crippen LogP contribution in [0.3, 0.4) is 0 Å². The Bertz CT molecular complexity index is 1130.